The third kappa shape index (κ3) is 6.15. The summed E-state index contributed by atoms with van der Waals surface area (Å²) in [6.07, 6.45) is 2.06. The molecule has 0 aliphatic heterocycles. The lowest BCUT2D eigenvalue weighted by Gasteiger charge is -2.38. The zero-order valence-corrected chi connectivity index (χ0v) is 22.8. The van der Waals surface area contributed by atoms with Crippen molar-refractivity contribution in [3.8, 4) is 11.5 Å². The van der Waals surface area contributed by atoms with Gasteiger partial charge in [-0.3, -0.25) is 4.90 Å². The number of nitrogens with zero attached hydrogens (tertiary/aromatic N) is 1. The van der Waals surface area contributed by atoms with Crippen molar-refractivity contribution in [3.63, 3.8) is 0 Å². The molecule has 0 radical (unpaired) electrons. The molecule has 0 amide bonds. The molecule has 4 rings (SSSR count). The van der Waals surface area contributed by atoms with Crippen LogP contribution in [0.25, 0.3) is 0 Å². The van der Waals surface area contributed by atoms with Crippen LogP contribution in [0.5, 0.6) is 11.5 Å². The summed E-state index contributed by atoms with van der Waals surface area (Å²) in [6, 6.07) is 36.2. The minimum atomic E-state index is -3.17. The fourth-order valence-corrected chi connectivity index (χ4v) is 8.11. The van der Waals surface area contributed by atoms with E-state index in [-0.39, 0.29) is 5.78 Å². The summed E-state index contributed by atoms with van der Waals surface area (Å²) in [6.45, 7) is 3.69. The van der Waals surface area contributed by atoms with Gasteiger partial charge in [0.15, 0.2) is 7.14 Å². The van der Waals surface area contributed by atoms with Crippen molar-refractivity contribution in [2.75, 3.05) is 20.8 Å². The van der Waals surface area contributed by atoms with Crippen molar-refractivity contribution in [2.24, 2.45) is 0 Å². The third-order valence-corrected chi connectivity index (χ3v) is 10.2. The summed E-state index contributed by atoms with van der Waals surface area (Å²) in [5.41, 5.74) is 2.17. The average Bonchev–Trinajstić information content (AvgIpc) is 2.97. The van der Waals surface area contributed by atoms with E-state index in [1.807, 2.05) is 84.9 Å². The van der Waals surface area contributed by atoms with Crippen LogP contribution in [0.2, 0.25) is 0 Å². The maximum absolute atomic E-state index is 15.7. The molecule has 0 aromatic heterocycles. The molecule has 1 unspecified atom stereocenters. The molecule has 37 heavy (non-hydrogen) atoms. The van der Waals surface area contributed by atoms with Crippen LogP contribution in [0.3, 0.4) is 0 Å². The second-order valence-corrected chi connectivity index (χ2v) is 12.0. The molecule has 4 aromatic carbocycles. The van der Waals surface area contributed by atoms with Gasteiger partial charge in [-0.05, 0) is 48.4 Å². The monoisotopic (exact) mass is 513 g/mol. The Kier molecular flexibility index (Phi) is 9.22. The van der Waals surface area contributed by atoms with Gasteiger partial charge in [-0.1, -0.05) is 98.3 Å². The number of hydrogen-bond donors (Lipinski definition) is 0. The fourth-order valence-electron chi connectivity index (χ4n) is 4.77. The molecule has 0 aliphatic carbocycles. The number of unbranched alkanes of at least 4 members (excludes halogenated alkanes) is 1. The lowest BCUT2D eigenvalue weighted by molar-refractivity contribution is 0.237. The Balaban J connectivity index is 1.91. The Morgan fingerprint density at radius 3 is 1.65 bits per heavy atom. The zero-order valence-electron chi connectivity index (χ0n) is 21.9. The van der Waals surface area contributed by atoms with E-state index in [9.17, 15) is 0 Å². The van der Waals surface area contributed by atoms with Crippen molar-refractivity contribution in [3.05, 3.63) is 120 Å². The van der Waals surface area contributed by atoms with Crippen molar-refractivity contribution in [1.29, 1.82) is 0 Å². The van der Waals surface area contributed by atoms with E-state index >= 15 is 4.57 Å². The van der Waals surface area contributed by atoms with E-state index in [1.54, 1.807) is 14.2 Å². The predicted octanol–water partition coefficient (Wildman–Crippen LogP) is 7.02. The lowest BCUT2D eigenvalue weighted by Crippen LogP contribution is -2.35. The Morgan fingerprint density at radius 2 is 1.19 bits per heavy atom. The average molecular weight is 514 g/mol. The molecule has 1 atom stereocenters. The molecule has 0 saturated heterocycles. The maximum atomic E-state index is 15.7. The van der Waals surface area contributed by atoms with E-state index < -0.39 is 7.14 Å². The van der Waals surface area contributed by atoms with Gasteiger partial charge in [0, 0.05) is 17.2 Å². The molecule has 0 fully saturated rings. The lowest BCUT2D eigenvalue weighted by atomic mass is 10.1. The van der Waals surface area contributed by atoms with E-state index in [4.69, 9.17) is 9.47 Å². The van der Waals surface area contributed by atoms with E-state index in [0.717, 1.165) is 52.6 Å². The molecular weight excluding hydrogens is 477 g/mol. The Labute approximate surface area is 221 Å². The highest BCUT2D eigenvalue weighted by Gasteiger charge is 2.41. The number of benzene rings is 4. The molecule has 5 heteroatoms. The second kappa shape index (κ2) is 12.8. The SMILES string of the molecule is CCCCN(Cc1ccc(OC)cc1)C(c1ccc(OC)cc1)P(=O)(c1ccccc1)c1ccccc1. The van der Waals surface area contributed by atoms with Crippen LogP contribution < -0.4 is 20.1 Å². The summed E-state index contributed by atoms with van der Waals surface area (Å²) in [7, 11) is 0.180. The first-order valence-corrected chi connectivity index (χ1v) is 14.6. The highest BCUT2D eigenvalue weighted by Crippen LogP contribution is 2.59. The molecule has 192 valence electrons. The first-order chi connectivity index (χ1) is 18.1. The van der Waals surface area contributed by atoms with Crippen LogP contribution in [-0.4, -0.2) is 25.7 Å². The van der Waals surface area contributed by atoms with Crippen molar-refractivity contribution >= 4 is 17.8 Å². The van der Waals surface area contributed by atoms with Gasteiger partial charge in [-0.25, -0.2) is 0 Å². The van der Waals surface area contributed by atoms with Crippen LogP contribution in [0.15, 0.2) is 109 Å². The van der Waals surface area contributed by atoms with Crippen LogP contribution in [0.1, 0.15) is 36.7 Å². The Bertz CT molecular complexity index is 1230. The second-order valence-electron chi connectivity index (χ2n) is 9.15. The largest absolute Gasteiger partial charge is 0.497 e. The molecule has 0 bridgehead atoms. The Morgan fingerprint density at radius 1 is 0.703 bits per heavy atom. The highest BCUT2D eigenvalue weighted by atomic mass is 31.2. The Hall–Kier alpha value is -3.33. The minimum absolute atomic E-state index is 0.350. The summed E-state index contributed by atoms with van der Waals surface area (Å²) in [5.74, 6) is 1.26. The highest BCUT2D eigenvalue weighted by molar-refractivity contribution is 7.78. The molecular formula is C32H36NO3P. The van der Waals surface area contributed by atoms with Crippen LogP contribution in [-0.2, 0) is 11.1 Å². The molecule has 0 aliphatic rings. The van der Waals surface area contributed by atoms with Gasteiger partial charge >= 0.3 is 0 Å². The summed E-state index contributed by atoms with van der Waals surface area (Å²) in [5, 5.41) is 1.72. The normalized spacial score (nSPS) is 12.3. The van der Waals surface area contributed by atoms with E-state index in [0.29, 0.717) is 6.54 Å². The van der Waals surface area contributed by atoms with Crippen molar-refractivity contribution in [2.45, 2.75) is 32.1 Å². The molecule has 0 saturated carbocycles. The quantitative estimate of drug-likeness (QED) is 0.191. The standard InChI is InChI=1S/C32H36NO3P/c1-4-5-24-33(25-26-16-20-28(35-2)21-17-26)32(27-18-22-29(36-3)23-19-27)37(34,30-12-8-6-9-13-30)31-14-10-7-11-15-31/h6-23,32H,4-5,24-25H2,1-3H3. The molecule has 0 spiro atoms. The minimum Gasteiger partial charge on any atom is -0.497 e. The van der Waals surface area contributed by atoms with Gasteiger partial charge in [-0.15, -0.1) is 0 Å². The number of hydrogen-bond acceptors (Lipinski definition) is 4. The molecule has 0 heterocycles. The smallest absolute Gasteiger partial charge is 0.163 e. The van der Waals surface area contributed by atoms with E-state index in [2.05, 4.69) is 36.1 Å². The number of ether oxygens (including phenoxy) is 2. The van der Waals surface area contributed by atoms with Gasteiger partial charge < -0.3 is 14.0 Å². The number of rotatable bonds is 12. The first-order valence-electron chi connectivity index (χ1n) is 12.8. The van der Waals surface area contributed by atoms with Crippen molar-refractivity contribution < 1.29 is 14.0 Å². The van der Waals surface area contributed by atoms with E-state index in [1.165, 1.54) is 0 Å². The molecule has 4 nitrogen and oxygen atoms in total. The van der Waals surface area contributed by atoms with Gasteiger partial charge in [0.2, 0.25) is 0 Å². The van der Waals surface area contributed by atoms with Crippen LogP contribution in [0.4, 0.5) is 0 Å². The van der Waals surface area contributed by atoms with Gasteiger partial charge in [0.05, 0.1) is 20.0 Å². The zero-order chi connectivity index (χ0) is 26.1. The van der Waals surface area contributed by atoms with Gasteiger partial charge in [0.25, 0.3) is 0 Å². The van der Waals surface area contributed by atoms with Gasteiger partial charge in [-0.2, -0.15) is 0 Å². The van der Waals surface area contributed by atoms with Crippen LogP contribution in [0, 0.1) is 0 Å². The summed E-state index contributed by atoms with van der Waals surface area (Å²) >= 11 is 0. The topological polar surface area (TPSA) is 38.8 Å². The maximum Gasteiger partial charge on any atom is 0.163 e. The molecule has 0 N–H and O–H groups in total. The van der Waals surface area contributed by atoms with Crippen molar-refractivity contribution in [1.82, 2.24) is 4.90 Å². The summed E-state index contributed by atoms with van der Waals surface area (Å²) in [4.78, 5) is 2.40. The molecule has 4 aromatic rings. The predicted molar refractivity (Wildman–Crippen MR) is 154 cm³/mol. The van der Waals surface area contributed by atoms with Gasteiger partial charge in [0.1, 0.15) is 11.5 Å². The summed E-state index contributed by atoms with van der Waals surface area (Å²) < 4.78 is 26.5. The number of methoxy groups -OCH3 is 2. The van der Waals surface area contributed by atoms with Crippen LogP contribution >= 0.6 is 7.14 Å². The third-order valence-electron chi connectivity index (χ3n) is 6.73. The first kappa shape index (κ1) is 26.7. The fraction of sp³-hybridized carbons (Fsp3) is 0.250.